The zero-order valence-corrected chi connectivity index (χ0v) is 19.9. The summed E-state index contributed by atoms with van der Waals surface area (Å²) >= 11 is 0. The second-order valence-electron chi connectivity index (χ2n) is 9.45. The first-order valence-corrected chi connectivity index (χ1v) is 12.4. The Morgan fingerprint density at radius 3 is 2.51 bits per heavy atom. The van der Waals surface area contributed by atoms with Crippen LogP contribution in [0.5, 0.6) is 0 Å². The summed E-state index contributed by atoms with van der Waals surface area (Å²) in [6, 6.07) is 18.5. The summed E-state index contributed by atoms with van der Waals surface area (Å²) in [7, 11) is 0. The number of hydrogen-bond acceptors (Lipinski definition) is 4. The minimum Gasteiger partial charge on any atom is -0.325 e. The highest BCUT2D eigenvalue weighted by Gasteiger charge is 2.30. The number of imidazole rings is 1. The second kappa shape index (κ2) is 9.86. The van der Waals surface area contributed by atoms with Gasteiger partial charge in [0.05, 0.1) is 12.9 Å². The van der Waals surface area contributed by atoms with Crippen molar-refractivity contribution in [2.24, 2.45) is 5.92 Å². The molecule has 7 nitrogen and oxygen atoms in total. The van der Waals surface area contributed by atoms with Gasteiger partial charge in [0, 0.05) is 18.9 Å². The van der Waals surface area contributed by atoms with E-state index < -0.39 is 11.2 Å². The smallest absolute Gasteiger partial charge is 0.325 e. The number of carbonyl (C=O) groups excluding carboxylic acids is 1. The van der Waals surface area contributed by atoms with Gasteiger partial charge >= 0.3 is 5.69 Å². The third-order valence-electron chi connectivity index (χ3n) is 7.28. The number of nitrogens with zero attached hydrogens (tertiary/aromatic N) is 3. The predicted molar refractivity (Wildman–Crippen MR) is 136 cm³/mol. The Hall–Kier alpha value is -3.74. The molecule has 0 saturated heterocycles. The Morgan fingerprint density at radius 1 is 1.03 bits per heavy atom. The van der Waals surface area contributed by atoms with Gasteiger partial charge < -0.3 is 4.57 Å². The van der Waals surface area contributed by atoms with E-state index in [0.29, 0.717) is 42.4 Å². The van der Waals surface area contributed by atoms with Crippen molar-refractivity contribution in [2.45, 2.75) is 58.0 Å². The maximum absolute atomic E-state index is 12.8. The highest BCUT2D eigenvalue weighted by molar-refractivity contribution is 5.81. The molecule has 2 atom stereocenters. The van der Waals surface area contributed by atoms with Gasteiger partial charge in [0.1, 0.15) is 5.78 Å². The molecule has 7 heteroatoms. The van der Waals surface area contributed by atoms with Crippen molar-refractivity contribution < 1.29 is 4.79 Å². The minimum atomic E-state index is -0.469. The Morgan fingerprint density at radius 2 is 1.77 bits per heavy atom. The standard InChI is InChI=1S/C28H30N4O3/c1-2-31-18-29-26-25(31)27(34)30-28(35)32(26)17-20-10-8-19(9-11-20)12-15-24(33)23-14-13-22(16-23)21-6-4-3-5-7-21/h3-11,18,22-23H,2,12-17H2,1H3,(H,30,34,35)/t22-,23-/m0/s1. The van der Waals surface area contributed by atoms with Crippen LogP contribution in [0.1, 0.15) is 55.2 Å². The molecule has 2 aromatic carbocycles. The Labute approximate surface area is 203 Å². The molecule has 0 amide bonds. The van der Waals surface area contributed by atoms with Gasteiger partial charge in [0.15, 0.2) is 11.2 Å². The van der Waals surface area contributed by atoms with Crippen molar-refractivity contribution in [3.05, 3.63) is 98.5 Å². The highest BCUT2D eigenvalue weighted by atomic mass is 16.2. The van der Waals surface area contributed by atoms with Crippen LogP contribution in [0.4, 0.5) is 0 Å². The number of aromatic amines is 1. The molecule has 180 valence electrons. The number of ketones is 1. The summed E-state index contributed by atoms with van der Waals surface area (Å²) in [5.41, 5.74) is 3.29. The Balaban J connectivity index is 1.21. The fraction of sp³-hybridized carbons (Fsp3) is 0.357. The Bertz CT molecular complexity index is 1450. The Kier molecular flexibility index (Phi) is 6.49. The lowest BCUT2D eigenvalue weighted by Gasteiger charge is -2.11. The van der Waals surface area contributed by atoms with E-state index in [-0.39, 0.29) is 5.92 Å². The van der Waals surface area contributed by atoms with Crippen molar-refractivity contribution in [3.8, 4) is 0 Å². The summed E-state index contributed by atoms with van der Waals surface area (Å²) in [6.45, 7) is 2.84. The lowest BCUT2D eigenvalue weighted by Crippen LogP contribution is -2.31. The first-order chi connectivity index (χ1) is 17.0. The number of aromatic nitrogens is 4. The number of aryl methyl sites for hydroxylation is 2. The molecule has 2 aromatic heterocycles. The van der Waals surface area contributed by atoms with Gasteiger partial charge in [0.2, 0.25) is 0 Å². The largest absolute Gasteiger partial charge is 0.330 e. The number of nitrogens with one attached hydrogen (secondary N) is 1. The molecule has 1 fully saturated rings. The summed E-state index contributed by atoms with van der Waals surface area (Å²) in [5, 5.41) is 0. The van der Waals surface area contributed by atoms with Gasteiger partial charge in [-0.25, -0.2) is 9.78 Å². The van der Waals surface area contributed by atoms with E-state index in [0.717, 1.165) is 36.8 Å². The maximum Gasteiger partial charge on any atom is 0.330 e. The number of rotatable bonds is 8. The minimum absolute atomic E-state index is 0.164. The van der Waals surface area contributed by atoms with Gasteiger partial charge in [0.25, 0.3) is 5.56 Å². The first-order valence-electron chi connectivity index (χ1n) is 12.4. The summed E-state index contributed by atoms with van der Waals surface area (Å²) < 4.78 is 3.22. The maximum atomic E-state index is 12.8. The molecular weight excluding hydrogens is 440 g/mol. The number of fused-ring (bicyclic) bond motifs is 1. The summed E-state index contributed by atoms with van der Waals surface area (Å²) in [6.07, 6.45) is 5.88. The van der Waals surface area contributed by atoms with Crippen LogP contribution in [0, 0.1) is 5.92 Å². The molecule has 0 bridgehead atoms. The van der Waals surface area contributed by atoms with Crippen LogP contribution in [0.25, 0.3) is 11.2 Å². The number of Topliss-reactive ketones (excluding diaryl/α,β-unsaturated/α-hetero) is 1. The van der Waals surface area contributed by atoms with Crippen LogP contribution in [0.2, 0.25) is 0 Å². The monoisotopic (exact) mass is 470 g/mol. The van der Waals surface area contributed by atoms with Crippen LogP contribution in [0.3, 0.4) is 0 Å². The topological polar surface area (TPSA) is 89.8 Å². The van der Waals surface area contributed by atoms with Crippen LogP contribution in [-0.4, -0.2) is 24.9 Å². The van der Waals surface area contributed by atoms with Gasteiger partial charge in [-0.2, -0.15) is 0 Å². The van der Waals surface area contributed by atoms with E-state index in [1.807, 2.05) is 37.3 Å². The predicted octanol–water partition coefficient (Wildman–Crippen LogP) is 4.04. The van der Waals surface area contributed by atoms with E-state index in [4.69, 9.17) is 0 Å². The molecule has 4 aromatic rings. The quantitative estimate of drug-likeness (QED) is 0.421. The molecule has 1 saturated carbocycles. The summed E-state index contributed by atoms with van der Waals surface area (Å²) in [5.74, 6) is 1.02. The SMILES string of the molecule is CCn1cnc2c1c(=O)[nH]c(=O)n2Cc1ccc(CCC(=O)[C@H]2CC[C@H](c3ccccc3)C2)cc1. The summed E-state index contributed by atoms with van der Waals surface area (Å²) in [4.78, 5) is 44.3. The number of carbonyl (C=O) groups is 1. The normalized spacial score (nSPS) is 17.7. The van der Waals surface area contributed by atoms with Gasteiger partial charge in [-0.15, -0.1) is 0 Å². The second-order valence-corrected chi connectivity index (χ2v) is 9.45. The molecule has 0 radical (unpaired) electrons. The third-order valence-corrected chi connectivity index (χ3v) is 7.28. The van der Waals surface area contributed by atoms with Crippen molar-refractivity contribution in [2.75, 3.05) is 0 Å². The zero-order chi connectivity index (χ0) is 24.4. The number of H-pyrrole nitrogens is 1. The van der Waals surface area contributed by atoms with Gasteiger partial charge in [-0.3, -0.25) is 19.1 Å². The van der Waals surface area contributed by atoms with Crippen molar-refractivity contribution in [1.29, 1.82) is 0 Å². The lowest BCUT2D eigenvalue weighted by molar-refractivity contribution is -0.122. The van der Waals surface area contributed by atoms with Crippen LogP contribution >= 0.6 is 0 Å². The fourth-order valence-corrected chi connectivity index (χ4v) is 5.28. The molecule has 1 aliphatic rings. The molecule has 1 N–H and O–H groups in total. The fourth-order valence-electron chi connectivity index (χ4n) is 5.28. The van der Waals surface area contributed by atoms with Crippen molar-refractivity contribution in [3.63, 3.8) is 0 Å². The molecule has 35 heavy (non-hydrogen) atoms. The third kappa shape index (κ3) is 4.76. The van der Waals surface area contributed by atoms with E-state index in [1.54, 1.807) is 10.9 Å². The van der Waals surface area contributed by atoms with Gasteiger partial charge in [-0.05, 0) is 55.2 Å². The molecular formula is C28H30N4O3. The highest BCUT2D eigenvalue weighted by Crippen LogP contribution is 2.39. The lowest BCUT2D eigenvalue weighted by atomic mass is 9.93. The van der Waals surface area contributed by atoms with E-state index in [2.05, 4.69) is 34.2 Å². The van der Waals surface area contributed by atoms with Crippen molar-refractivity contribution >= 4 is 16.9 Å². The van der Waals surface area contributed by atoms with Crippen LogP contribution in [0.15, 0.2) is 70.5 Å². The number of benzene rings is 2. The van der Waals surface area contributed by atoms with Crippen molar-refractivity contribution in [1.82, 2.24) is 19.1 Å². The molecule has 5 rings (SSSR count). The molecule has 2 heterocycles. The van der Waals surface area contributed by atoms with Crippen LogP contribution in [-0.2, 0) is 24.3 Å². The molecule has 0 aliphatic heterocycles. The van der Waals surface area contributed by atoms with Gasteiger partial charge in [-0.1, -0.05) is 54.6 Å². The van der Waals surface area contributed by atoms with Crippen LogP contribution < -0.4 is 11.2 Å². The number of hydrogen-bond donors (Lipinski definition) is 1. The van der Waals surface area contributed by atoms with E-state index in [1.165, 1.54) is 10.1 Å². The zero-order valence-electron chi connectivity index (χ0n) is 19.9. The molecule has 1 aliphatic carbocycles. The first kappa shape index (κ1) is 23.0. The van der Waals surface area contributed by atoms with E-state index in [9.17, 15) is 14.4 Å². The van der Waals surface area contributed by atoms with E-state index >= 15 is 0 Å². The average molecular weight is 471 g/mol. The molecule has 0 spiro atoms. The average Bonchev–Trinajstić information content (AvgIpc) is 3.54. The molecule has 0 unspecified atom stereocenters.